The molecule has 0 fully saturated rings. The van der Waals surface area contributed by atoms with E-state index in [0.29, 0.717) is 0 Å². The highest BCUT2D eigenvalue weighted by atomic mass is 35.5. The van der Waals surface area contributed by atoms with E-state index in [1.54, 1.807) is 0 Å². The van der Waals surface area contributed by atoms with Crippen molar-refractivity contribution in [2.75, 3.05) is 0 Å². The summed E-state index contributed by atoms with van der Waals surface area (Å²) in [5, 5.41) is 8.84. The molecule has 0 aromatic heterocycles. The highest BCUT2D eigenvalue weighted by Gasteiger charge is 2.07. The van der Waals surface area contributed by atoms with Crippen LogP contribution in [0.25, 0.3) is 0 Å². The number of rotatable bonds is 5. The summed E-state index contributed by atoms with van der Waals surface area (Å²) in [4.78, 5) is 0. The van der Waals surface area contributed by atoms with Gasteiger partial charge in [0.2, 0.25) is 0 Å². The molecule has 0 aliphatic heterocycles. The second-order valence-electron chi connectivity index (χ2n) is 2.90. The van der Waals surface area contributed by atoms with Crippen molar-refractivity contribution in [3.63, 3.8) is 0 Å². The average molecular weight is 201 g/mol. The molecule has 0 aromatic carbocycles. The Hall–Kier alpha value is -0.450. The van der Waals surface area contributed by atoms with Crippen molar-refractivity contribution in [3.05, 3.63) is 12.7 Å². The third-order valence-corrected chi connectivity index (χ3v) is 2.10. The van der Waals surface area contributed by atoms with Crippen molar-refractivity contribution in [2.45, 2.75) is 44.1 Å². The maximum absolute atomic E-state index is 9.30. The molecule has 2 atom stereocenters. The monoisotopic (exact) mass is 200 g/mol. The van der Waals surface area contributed by atoms with Crippen LogP contribution in [0.5, 0.6) is 0 Å². The van der Waals surface area contributed by atoms with Crippen LogP contribution < -0.4 is 0 Å². The van der Waals surface area contributed by atoms with Gasteiger partial charge in [-0.25, -0.2) is 0 Å². The minimum atomic E-state index is -0.777. The minimum absolute atomic E-state index is 0.460. The van der Waals surface area contributed by atoms with E-state index >= 15 is 0 Å². The lowest BCUT2D eigenvalue weighted by Gasteiger charge is -2.04. The highest BCUT2D eigenvalue weighted by molar-refractivity contribution is 6.22. The van der Waals surface area contributed by atoms with Crippen LogP contribution in [0.3, 0.4) is 0 Å². The van der Waals surface area contributed by atoms with E-state index < -0.39 is 11.5 Å². The zero-order valence-electron chi connectivity index (χ0n) is 8.09. The van der Waals surface area contributed by atoms with Crippen molar-refractivity contribution >= 4 is 11.6 Å². The maximum atomic E-state index is 9.30. The summed E-state index contributed by atoms with van der Waals surface area (Å²) in [6, 6.07) is 0. The fraction of sp³-hybridized carbons (Fsp3) is 0.636. The summed E-state index contributed by atoms with van der Waals surface area (Å²) in [5.41, 5.74) is 0. The van der Waals surface area contributed by atoms with Gasteiger partial charge in [-0.1, -0.05) is 31.8 Å². The van der Waals surface area contributed by atoms with Crippen LogP contribution in [0.4, 0.5) is 0 Å². The van der Waals surface area contributed by atoms with Gasteiger partial charge >= 0.3 is 0 Å². The van der Waals surface area contributed by atoms with Gasteiger partial charge in [-0.15, -0.1) is 24.1 Å². The number of aliphatic hydroxyl groups excluding tert-OH is 1. The van der Waals surface area contributed by atoms with Gasteiger partial charge in [0.05, 0.1) is 5.38 Å². The Balaban J connectivity index is 3.62. The van der Waals surface area contributed by atoms with Crippen LogP contribution in [0.1, 0.15) is 32.6 Å². The molecule has 0 unspecified atom stereocenters. The molecule has 1 N–H and O–H groups in total. The van der Waals surface area contributed by atoms with Crippen LogP contribution >= 0.6 is 11.6 Å². The largest absolute Gasteiger partial charge is 0.378 e. The maximum Gasteiger partial charge on any atom is 0.134 e. The molecule has 0 rings (SSSR count). The first-order valence-electron chi connectivity index (χ1n) is 4.65. The highest BCUT2D eigenvalue weighted by Crippen LogP contribution is 2.03. The lowest BCUT2D eigenvalue weighted by atomic mass is 10.2. The standard InChI is InChI=1S/C11H17ClO/c1-3-5-6-7-8-9-11(13)10(12)4-2/h4,10-11,13H,2-3,5-7H2,1H3/t10-,11-/m0/s1. The first-order valence-corrected chi connectivity index (χ1v) is 5.09. The summed E-state index contributed by atoms with van der Waals surface area (Å²) in [5.74, 6) is 5.60. The van der Waals surface area contributed by atoms with Crippen LogP contribution in [0, 0.1) is 11.8 Å². The SMILES string of the molecule is C=C[C@H](Cl)[C@@H](O)C#CCCCCC. The lowest BCUT2D eigenvalue weighted by Crippen LogP contribution is -2.15. The predicted octanol–water partition coefficient (Wildman–Crippen LogP) is 2.72. The Morgan fingerprint density at radius 3 is 2.77 bits per heavy atom. The fourth-order valence-corrected chi connectivity index (χ4v) is 0.912. The zero-order chi connectivity index (χ0) is 10.1. The number of alkyl halides is 1. The van der Waals surface area contributed by atoms with Crippen molar-refractivity contribution in [3.8, 4) is 11.8 Å². The predicted molar refractivity (Wildman–Crippen MR) is 57.8 cm³/mol. The van der Waals surface area contributed by atoms with E-state index in [9.17, 15) is 5.11 Å². The van der Waals surface area contributed by atoms with Gasteiger partial charge in [0.1, 0.15) is 6.10 Å². The molecule has 0 aliphatic carbocycles. The smallest absolute Gasteiger partial charge is 0.134 e. The Bertz CT molecular complexity index is 190. The molecule has 0 saturated heterocycles. The molecule has 0 aliphatic rings. The summed E-state index contributed by atoms with van der Waals surface area (Å²) < 4.78 is 0. The lowest BCUT2D eigenvalue weighted by molar-refractivity contribution is 0.239. The Morgan fingerprint density at radius 2 is 2.23 bits per heavy atom. The summed E-state index contributed by atoms with van der Waals surface area (Å²) in [6.07, 6.45) is 5.03. The van der Waals surface area contributed by atoms with Crippen molar-refractivity contribution < 1.29 is 5.11 Å². The quantitative estimate of drug-likeness (QED) is 0.313. The molecule has 0 amide bonds. The Morgan fingerprint density at radius 1 is 1.54 bits per heavy atom. The van der Waals surface area contributed by atoms with Crippen LogP contribution in [0.15, 0.2) is 12.7 Å². The van der Waals surface area contributed by atoms with Crippen LogP contribution in [0.2, 0.25) is 0 Å². The molecule has 0 heterocycles. The molecule has 1 nitrogen and oxygen atoms in total. The van der Waals surface area contributed by atoms with Crippen molar-refractivity contribution in [1.82, 2.24) is 0 Å². The minimum Gasteiger partial charge on any atom is -0.378 e. The van der Waals surface area contributed by atoms with Gasteiger partial charge in [-0.2, -0.15) is 0 Å². The molecule has 0 spiro atoms. The van der Waals surface area contributed by atoms with Crippen LogP contribution in [-0.2, 0) is 0 Å². The van der Waals surface area contributed by atoms with E-state index in [-0.39, 0.29) is 0 Å². The van der Waals surface area contributed by atoms with Crippen LogP contribution in [-0.4, -0.2) is 16.6 Å². The van der Waals surface area contributed by atoms with Gasteiger partial charge < -0.3 is 5.11 Å². The van der Waals surface area contributed by atoms with Gasteiger partial charge in [-0.05, 0) is 6.42 Å². The first-order chi connectivity index (χ1) is 6.22. The van der Waals surface area contributed by atoms with E-state index in [2.05, 4.69) is 25.3 Å². The molecule has 0 bridgehead atoms. The molecule has 13 heavy (non-hydrogen) atoms. The first kappa shape index (κ1) is 12.6. The summed E-state index contributed by atoms with van der Waals surface area (Å²) in [6.45, 7) is 5.63. The zero-order valence-corrected chi connectivity index (χ0v) is 8.85. The van der Waals surface area contributed by atoms with Crippen molar-refractivity contribution in [2.24, 2.45) is 0 Å². The number of hydrogen-bond donors (Lipinski definition) is 1. The van der Waals surface area contributed by atoms with E-state index in [1.807, 2.05) is 0 Å². The number of aliphatic hydroxyl groups is 1. The second kappa shape index (κ2) is 8.16. The normalized spacial score (nSPS) is 14.1. The Kier molecular flexibility index (Phi) is 7.88. The molecule has 74 valence electrons. The summed E-state index contributed by atoms with van der Waals surface area (Å²) >= 11 is 5.69. The van der Waals surface area contributed by atoms with Gasteiger partial charge in [0.25, 0.3) is 0 Å². The topological polar surface area (TPSA) is 20.2 Å². The number of hydrogen-bond acceptors (Lipinski definition) is 1. The molecular weight excluding hydrogens is 184 g/mol. The van der Waals surface area contributed by atoms with Gasteiger partial charge in [0.15, 0.2) is 0 Å². The average Bonchev–Trinajstić information content (AvgIpc) is 2.16. The third kappa shape index (κ3) is 6.69. The van der Waals surface area contributed by atoms with E-state index in [0.717, 1.165) is 12.8 Å². The molecule has 0 radical (unpaired) electrons. The molecule has 0 aromatic rings. The van der Waals surface area contributed by atoms with Gasteiger partial charge in [-0.3, -0.25) is 0 Å². The van der Waals surface area contributed by atoms with E-state index in [4.69, 9.17) is 11.6 Å². The van der Waals surface area contributed by atoms with Crippen molar-refractivity contribution in [1.29, 1.82) is 0 Å². The molecular formula is C11H17ClO. The second-order valence-corrected chi connectivity index (χ2v) is 3.41. The van der Waals surface area contributed by atoms with Gasteiger partial charge in [0, 0.05) is 6.42 Å². The third-order valence-electron chi connectivity index (χ3n) is 1.68. The number of halogens is 1. The number of unbranched alkanes of at least 4 members (excludes halogenated alkanes) is 3. The Labute approximate surface area is 85.8 Å². The molecule has 2 heteroatoms. The fourth-order valence-electron chi connectivity index (χ4n) is 0.849. The van der Waals surface area contributed by atoms with E-state index in [1.165, 1.54) is 18.9 Å². The molecule has 0 saturated carbocycles. The summed E-state index contributed by atoms with van der Waals surface area (Å²) in [7, 11) is 0.